The van der Waals surface area contributed by atoms with Crippen LogP contribution >= 0.6 is 0 Å². The topological polar surface area (TPSA) is 125 Å². The number of pyridine rings is 2. The van der Waals surface area contributed by atoms with Gasteiger partial charge in [0, 0.05) is 36.4 Å². The summed E-state index contributed by atoms with van der Waals surface area (Å²) in [4.78, 5) is 37.2. The summed E-state index contributed by atoms with van der Waals surface area (Å²) in [5.41, 5.74) is 8.11. The van der Waals surface area contributed by atoms with Crippen molar-refractivity contribution >= 4 is 28.6 Å². The molecule has 0 aromatic carbocycles. The summed E-state index contributed by atoms with van der Waals surface area (Å²) in [5, 5.41) is 3.92. The Kier molecular flexibility index (Phi) is 4.98. The van der Waals surface area contributed by atoms with E-state index < -0.39 is 5.91 Å². The van der Waals surface area contributed by atoms with Gasteiger partial charge in [-0.3, -0.25) is 14.2 Å². The predicted octanol–water partition coefficient (Wildman–Crippen LogP) is 2.00. The number of carbonyl (C=O) groups is 1. The molecule has 29 heavy (non-hydrogen) atoms. The van der Waals surface area contributed by atoms with Gasteiger partial charge < -0.3 is 15.8 Å². The van der Waals surface area contributed by atoms with Gasteiger partial charge in [0.05, 0.1) is 11.9 Å². The van der Waals surface area contributed by atoms with Crippen LogP contribution in [0.5, 0.6) is 0 Å². The lowest BCUT2D eigenvalue weighted by Crippen LogP contribution is -2.31. The van der Waals surface area contributed by atoms with Crippen molar-refractivity contribution < 1.29 is 9.53 Å². The number of hydrogen-bond acceptors (Lipinski definition) is 7. The van der Waals surface area contributed by atoms with Crippen molar-refractivity contribution in [2.24, 2.45) is 5.73 Å². The summed E-state index contributed by atoms with van der Waals surface area (Å²) in [5.74, 6) is -0.240. The number of carbonyl (C=O) groups excluding carboxylic acids is 1. The Balaban J connectivity index is 1.76. The van der Waals surface area contributed by atoms with Crippen LogP contribution < -0.4 is 16.6 Å². The van der Waals surface area contributed by atoms with Gasteiger partial charge in [0.15, 0.2) is 0 Å². The Bertz CT molecular complexity index is 1150. The SMILES string of the molecule is Cc1cc(C(N)=O)ncc1Nc1ncc2cc(C)c(=O)n(C3CCOCC3)c2n1. The van der Waals surface area contributed by atoms with Crippen molar-refractivity contribution in [3.05, 3.63) is 51.7 Å². The molecule has 0 unspecified atom stereocenters. The van der Waals surface area contributed by atoms with Crippen molar-refractivity contribution in [3.63, 3.8) is 0 Å². The van der Waals surface area contributed by atoms with Gasteiger partial charge in [-0.05, 0) is 44.4 Å². The van der Waals surface area contributed by atoms with Gasteiger partial charge in [0.1, 0.15) is 11.3 Å². The standard InChI is InChI=1S/C20H22N6O3/c1-11-8-15(17(21)27)22-10-16(11)24-20-23-9-13-7-12(2)19(28)26(18(13)25-20)14-3-5-29-6-4-14/h7-10,14H,3-6H2,1-2H3,(H2,21,27)(H,23,24,25). The van der Waals surface area contributed by atoms with Crippen molar-refractivity contribution in [1.82, 2.24) is 19.5 Å². The molecule has 4 rings (SSSR count). The number of ether oxygens (including phenoxy) is 1. The monoisotopic (exact) mass is 394 g/mol. The molecule has 1 aliphatic rings. The molecule has 0 bridgehead atoms. The van der Waals surface area contributed by atoms with E-state index >= 15 is 0 Å². The number of aromatic nitrogens is 4. The summed E-state index contributed by atoms with van der Waals surface area (Å²) >= 11 is 0. The summed E-state index contributed by atoms with van der Waals surface area (Å²) in [6.07, 6.45) is 4.75. The van der Waals surface area contributed by atoms with E-state index in [1.165, 1.54) is 6.20 Å². The number of fused-ring (bicyclic) bond motifs is 1. The molecular formula is C20H22N6O3. The minimum atomic E-state index is -0.586. The van der Waals surface area contributed by atoms with E-state index in [4.69, 9.17) is 10.5 Å². The minimum Gasteiger partial charge on any atom is -0.381 e. The van der Waals surface area contributed by atoms with Crippen LogP contribution in [-0.2, 0) is 4.74 Å². The predicted molar refractivity (Wildman–Crippen MR) is 108 cm³/mol. The average molecular weight is 394 g/mol. The van der Waals surface area contributed by atoms with Crippen LogP contribution in [0.15, 0.2) is 29.3 Å². The summed E-state index contributed by atoms with van der Waals surface area (Å²) < 4.78 is 7.21. The van der Waals surface area contributed by atoms with Crippen LogP contribution in [0.2, 0.25) is 0 Å². The molecule has 0 aliphatic carbocycles. The molecule has 9 heteroatoms. The number of aryl methyl sites for hydroxylation is 2. The second-order valence-electron chi connectivity index (χ2n) is 7.19. The van der Waals surface area contributed by atoms with Crippen molar-refractivity contribution in [1.29, 1.82) is 0 Å². The zero-order chi connectivity index (χ0) is 20.5. The average Bonchev–Trinajstić information content (AvgIpc) is 2.71. The Hall–Kier alpha value is -3.33. The van der Waals surface area contributed by atoms with Gasteiger partial charge in [-0.2, -0.15) is 4.98 Å². The highest BCUT2D eigenvalue weighted by Crippen LogP contribution is 2.25. The first-order valence-electron chi connectivity index (χ1n) is 9.44. The fourth-order valence-corrected chi connectivity index (χ4v) is 3.54. The Morgan fingerprint density at radius 1 is 1.17 bits per heavy atom. The maximum absolute atomic E-state index is 12.9. The molecule has 0 spiro atoms. The Morgan fingerprint density at radius 2 is 1.93 bits per heavy atom. The van der Waals surface area contributed by atoms with Crippen LogP contribution in [-0.4, -0.2) is 38.6 Å². The first-order chi connectivity index (χ1) is 13.9. The molecule has 4 heterocycles. The molecule has 3 aromatic rings. The molecule has 0 atom stereocenters. The van der Waals surface area contributed by atoms with Crippen LogP contribution in [0.4, 0.5) is 11.6 Å². The lowest BCUT2D eigenvalue weighted by molar-refractivity contribution is 0.0696. The normalized spacial score (nSPS) is 14.8. The van der Waals surface area contributed by atoms with Gasteiger partial charge in [0.25, 0.3) is 11.5 Å². The fraction of sp³-hybridized carbons (Fsp3) is 0.350. The number of nitrogens with two attached hydrogens (primary N) is 1. The van der Waals surface area contributed by atoms with Gasteiger partial charge >= 0.3 is 0 Å². The van der Waals surface area contributed by atoms with E-state index in [9.17, 15) is 9.59 Å². The van der Waals surface area contributed by atoms with Crippen molar-refractivity contribution in [2.45, 2.75) is 32.7 Å². The molecule has 1 saturated heterocycles. The summed E-state index contributed by atoms with van der Waals surface area (Å²) in [7, 11) is 0. The molecule has 1 fully saturated rings. The number of rotatable bonds is 4. The van der Waals surface area contributed by atoms with E-state index in [1.807, 2.05) is 13.0 Å². The Morgan fingerprint density at radius 3 is 2.62 bits per heavy atom. The second-order valence-corrected chi connectivity index (χ2v) is 7.19. The highest BCUT2D eigenvalue weighted by Gasteiger charge is 2.21. The van der Waals surface area contributed by atoms with E-state index in [2.05, 4.69) is 20.3 Å². The third-order valence-corrected chi connectivity index (χ3v) is 5.12. The molecule has 0 radical (unpaired) electrons. The van der Waals surface area contributed by atoms with E-state index in [1.54, 1.807) is 23.8 Å². The van der Waals surface area contributed by atoms with Crippen molar-refractivity contribution in [2.75, 3.05) is 18.5 Å². The number of anilines is 2. The maximum Gasteiger partial charge on any atom is 0.267 e. The number of nitrogens with zero attached hydrogens (tertiary/aromatic N) is 4. The molecule has 1 amide bonds. The lowest BCUT2D eigenvalue weighted by Gasteiger charge is -2.25. The molecular weight excluding hydrogens is 372 g/mol. The van der Waals surface area contributed by atoms with Crippen molar-refractivity contribution in [3.8, 4) is 0 Å². The van der Waals surface area contributed by atoms with Gasteiger partial charge in [-0.15, -0.1) is 0 Å². The van der Waals surface area contributed by atoms with Crippen LogP contribution in [0.25, 0.3) is 11.0 Å². The third-order valence-electron chi connectivity index (χ3n) is 5.12. The molecule has 150 valence electrons. The highest BCUT2D eigenvalue weighted by atomic mass is 16.5. The van der Waals surface area contributed by atoms with E-state index in [0.717, 1.165) is 23.8 Å². The van der Waals surface area contributed by atoms with Crippen LogP contribution in [0, 0.1) is 13.8 Å². The molecule has 3 aromatic heterocycles. The number of amides is 1. The summed E-state index contributed by atoms with van der Waals surface area (Å²) in [6.45, 7) is 4.89. The van der Waals surface area contributed by atoms with Crippen LogP contribution in [0.1, 0.15) is 40.5 Å². The first kappa shape index (κ1) is 19.0. The third kappa shape index (κ3) is 3.68. The smallest absolute Gasteiger partial charge is 0.267 e. The molecule has 1 aliphatic heterocycles. The van der Waals surface area contributed by atoms with Gasteiger partial charge in [-0.1, -0.05) is 0 Å². The van der Waals surface area contributed by atoms with E-state index in [0.29, 0.717) is 36.1 Å². The molecule has 9 nitrogen and oxygen atoms in total. The quantitative estimate of drug-likeness (QED) is 0.693. The van der Waals surface area contributed by atoms with Gasteiger partial charge in [-0.25, -0.2) is 9.97 Å². The number of hydrogen-bond donors (Lipinski definition) is 2. The molecule has 0 saturated carbocycles. The minimum absolute atomic E-state index is 0.0413. The Labute approximate surface area is 166 Å². The highest BCUT2D eigenvalue weighted by molar-refractivity contribution is 5.91. The van der Waals surface area contributed by atoms with Gasteiger partial charge in [0.2, 0.25) is 5.95 Å². The first-order valence-corrected chi connectivity index (χ1v) is 9.44. The summed E-state index contributed by atoms with van der Waals surface area (Å²) in [6, 6.07) is 3.46. The molecule has 3 N–H and O–H groups in total. The van der Waals surface area contributed by atoms with Crippen LogP contribution in [0.3, 0.4) is 0 Å². The number of primary amides is 1. The largest absolute Gasteiger partial charge is 0.381 e. The second kappa shape index (κ2) is 7.59. The zero-order valence-electron chi connectivity index (χ0n) is 16.3. The number of nitrogens with one attached hydrogen (secondary N) is 1. The maximum atomic E-state index is 12.9. The zero-order valence-corrected chi connectivity index (χ0v) is 16.3. The fourth-order valence-electron chi connectivity index (χ4n) is 3.54. The lowest BCUT2D eigenvalue weighted by atomic mass is 10.1. The van der Waals surface area contributed by atoms with E-state index in [-0.39, 0.29) is 17.3 Å².